The highest BCUT2D eigenvalue weighted by Crippen LogP contribution is 2.14. The number of hydrogen-bond donors (Lipinski definition) is 2. The smallest absolute Gasteiger partial charge is 0.151 e. The molecule has 0 radical (unpaired) electrons. The van der Waals surface area contributed by atoms with E-state index in [-0.39, 0.29) is 0 Å². The summed E-state index contributed by atoms with van der Waals surface area (Å²) in [5, 5.41) is 11.3. The number of nitrogens with one attached hydrogen (secondary N) is 1. The molecule has 1 aromatic heterocycles. The topological polar surface area (TPSA) is 67.1 Å². The van der Waals surface area contributed by atoms with Crippen LogP contribution >= 0.6 is 0 Å². The van der Waals surface area contributed by atoms with Gasteiger partial charge in [-0.3, -0.25) is 0 Å². The van der Waals surface area contributed by atoms with Gasteiger partial charge < -0.3 is 16.0 Å². The van der Waals surface area contributed by atoms with Crippen molar-refractivity contribution in [3.05, 3.63) is 12.1 Å². The molecule has 1 aliphatic rings. The molecule has 1 atom stereocenters. The zero-order valence-electron chi connectivity index (χ0n) is 8.27. The second-order valence-electron chi connectivity index (χ2n) is 3.56. The molecule has 1 saturated heterocycles. The zero-order chi connectivity index (χ0) is 9.97. The highest BCUT2D eigenvalue weighted by Gasteiger charge is 2.19. The van der Waals surface area contributed by atoms with E-state index in [1.165, 1.54) is 0 Å². The van der Waals surface area contributed by atoms with Gasteiger partial charge in [0.05, 0.1) is 0 Å². The third-order valence-corrected chi connectivity index (χ3v) is 2.47. The molecule has 76 valence electrons. The number of rotatable bonds is 1. The quantitative estimate of drug-likeness (QED) is 0.649. The van der Waals surface area contributed by atoms with Gasteiger partial charge in [-0.2, -0.15) is 0 Å². The van der Waals surface area contributed by atoms with Crippen LogP contribution < -0.4 is 16.0 Å². The first-order valence-electron chi connectivity index (χ1n) is 4.84. The Bertz CT molecular complexity index is 297. The summed E-state index contributed by atoms with van der Waals surface area (Å²) in [6.07, 6.45) is 0. The predicted octanol–water partition coefficient (Wildman–Crippen LogP) is -0.143. The van der Waals surface area contributed by atoms with Crippen molar-refractivity contribution >= 4 is 11.6 Å². The summed E-state index contributed by atoms with van der Waals surface area (Å²) in [6, 6.07) is 4.17. The van der Waals surface area contributed by atoms with Gasteiger partial charge in [-0.25, -0.2) is 0 Å². The molecule has 0 aromatic carbocycles. The minimum Gasteiger partial charge on any atom is -0.382 e. The molecule has 1 aliphatic heterocycles. The SMILES string of the molecule is C[C@@H]1CNCCN1c1ccc(N)nn1. The molecule has 2 rings (SSSR count). The number of anilines is 2. The van der Waals surface area contributed by atoms with Crippen LogP contribution in [0, 0.1) is 0 Å². The lowest BCUT2D eigenvalue weighted by atomic mass is 10.2. The third kappa shape index (κ3) is 1.77. The van der Waals surface area contributed by atoms with E-state index >= 15 is 0 Å². The number of hydrogen-bond acceptors (Lipinski definition) is 5. The summed E-state index contributed by atoms with van der Waals surface area (Å²) < 4.78 is 0. The largest absolute Gasteiger partial charge is 0.382 e. The molecule has 0 amide bonds. The third-order valence-electron chi connectivity index (χ3n) is 2.47. The molecule has 14 heavy (non-hydrogen) atoms. The van der Waals surface area contributed by atoms with Crippen LogP contribution in [0.25, 0.3) is 0 Å². The number of aromatic nitrogens is 2. The van der Waals surface area contributed by atoms with Crippen LogP contribution in [0.1, 0.15) is 6.92 Å². The molecule has 1 fully saturated rings. The van der Waals surface area contributed by atoms with E-state index < -0.39 is 0 Å². The summed E-state index contributed by atoms with van der Waals surface area (Å²) in [7, 11) is 0. The van der Waals surface area contributed by atoms with E-state index in [2.05, 4.69) is 27.3 Å². The number of nitrogens with two attached hydrogens (primary N) is 1. The molecule has 0 spiro atoms. The van der Waals surface area contributed by atoms with Crippen LogP contribution in [0.3, 0.4) is 0 Å². The maximum Gasteiger partial charge on any atom is 0.151 e. The summed E-state index contributed by atoms with van der Waals surface area (Å²) in [6.45, 7) is 5.13. The lowest BCUT2D eigenvalue weighted by Crippen LogP contribution is -2.50. The van der Waals surface area contributed by atoms with Crippen LogP contribution in [-0.2, 0) is 0 Å². The van der Waals surface area contributed by atoms with Gasteiger partial charge in [-0.15, -0.1) is 10.2 Å². The molecule has 5 heteroatoms. The summed E-state index contributed by atoms with van der Waals surface area (Å²) >= 11 is 0. The molecule has 0 bridgehead atoms. The first-order valence-corrected chi connectivity index (χ1v) is 4.84. The Kier molecular flexibility index (Phi) is 2.49. The van der Waals surface area contributed by atoms with Crippen LogP contribution in [0.5, 0.6) is 0 Å². The van der Waals surface area contributed by atoms with Crippen molar-refractivity contribution in [1.82, 2.24) is 15.5 Å². The molecule has 0 aliphatic carbocycles. The highest BCUT2D eigenvalue weighted by molar-refractivity contribution is 5.42. The molecular weight excluding hydrogens is 178 g/mol. The maximum absolute atomic E-state index is 5.49. The first kappa shape index (κ1) is 9.21. The van der Waals surface area contributed by atoms with Crippen LogP contribution in [-0.4, -0.2) is 35.9 Å². The van der Waals surface area contributed by atoms with E-state index in [1.54, 1.807) is 6.07 Å². The molecular formula is C9H15N5. The second-order valence-corrected chi connectivity index (χ2v) is 3.56. The lowest BCUT2D eigenvalue weighted by Gasteiger charge is -2.34. The Morgan fingerprint density at radius 3 is 3.00 bits per heavy atom. The van der Waals surface area contributed by atoms with Gasteiger partial charge in [0, 0.05) is 25.7 Å². The van der Waals surface area contributed by atoms with Crippen LogP contribution in [0.4, 0.5) is 11.6 Å². The van der Waals surface area contributed by atoms with Gasteiger partial charge in [0.25, 0.3) is 0 Å². The van der Waals surface area contributed by atoms with Gasteiger partial charge in [-0.1, -0.05) is 0 Å². The second kappa shape index (κ2) is 3.79. The van der Waals surface area contributed by atoms with Crippen molar-refractivity contribution in [2.45, 2.75) is 13.0 Å². The van der Waals surface area contributed by atoms with Crippen molar-refractivity contribution in [2.75, 3.05) is 30.3 Å². The Balaban J connectivity index is 2.16. The molecule has 3 N–H and O–H groups in total. The fourth-order valence-electron chi connectivity index (χ4n) is 1.67. The van der Waals surface area contributed by atoms with Gasteiger partial charge in [0.2, 0.25) is 0 Å². The Morgan fingerprint density at radius 1 is 1.50 bits per heavy atom. The van der Waals surface area contributed by atoms with Gasteiger partial charge in [0.15, 0.2) is 5.82 Å². The summed E-state index contributed by atoms with van der Waals surface area (Å²) in [4.78, 5) is 2.24. The lowest BCUT2D eigenvalue weighted by molar-refractivity contribution is 0.495. The van der Waals surface area contributed by atoms with E-state index in [0.29, 0.717) is 11.9 Å². The van der Waals surface area contributed by atoms with E-state index in [9.17, 15) is 0 Å². The van der Waals surface area contributed by atoms with Gasteiger partial charge in [-0.05, 0) is 19.1 Å². The fourth-order valence-corrected chi connectivity index (χ4v) is 1.67. The summed E-state index contributed by atoms with van der Waals surface area (Å²) in [5.74, 6) is 1.38. The van der Waals surface area contributed by atoms with E-state index in [4.69, 9.17) is 5.73 Å². The Morgan fingerprint density at radius 2 is 2.36 bits per heavy atom. The van der Waals surface area contributed by atoms with E-state index in [0.717, 1.165) is 25.5 Å². The van der Waals surface area contributed by atoms with Crippen molar-refractivity contribution < 1.29 is 0 Å². The Labute approximate surface area is 83.3 Å². The first-order chi connectivity index (χ1) is 6.77. The summed E-state index contributed by atoms with van der Waals surface area (Å²) in [5.41, 5.74) is 5.49. The number of piperazine rings is 1. The zero-order valence-corrected chi connectivity index (χ0v) is 8.27. The standard InChI is InChI=1S/C9H15N5/c1-7-6-11-4-5-14(7)9-3-2-8(10)12-13-9/h2-3,7,11H,4-6H2,1H3,(H2,10,12)/t7-/m1/s1. The Hall–Kier alpha value is -1.36. The molecule has 5 nitrogen and oxygen atoms in total. The maximum atomic E-state index is 5.49. The monoisotopic (exact) mass is 193 g/mol. The fraction of sp³-hybridized carbons (Fsp3) is 0.556. The molecule has 0 unspecified atom stereocenters. The molecule has 1 aromatic rings. The average Bonchev–Trinajstić information content (AvgIpc) is 2.20. The highest BCUT2D eigenvalue weighted by atomic mass is 15.3. The van der Waals surface area contributed by atoms with Crippen molar-refractivity contribution in [2.24, 2.45) is 0 Å². The molecule has 0 saturated carbocycles. The minimum atomic E-state index is 0.460. The van der Waals surface area contributed by atoms with Crippen molar-refractivity contribution in [3.8, 4) is 0 Å². The van der Waals surface area contributed by atoms with Crippen LogP contribution in [0.15, 0.2) is 12.1 Å². The minimum absolute atomic E-state index is 0.460. The number of nitrogens with zero attached hydrogens (tertiary/aromatic N) is 3. The molecule has 2 heterocycles. The number of nitrogen functional groups attached to an aromatic ring is 1. The predicted molar refractivity (Wildman–Crippen MR) is 56.1 cm³/mol. The van der Waals surface area contributed by atoms with Gasteiger partial charge in [0.1, 0.15) is 5.82 Å². The van der Waals surface area contributed by atoms with E-state index in [1.807, 2.05) is 6.07 Å². The van der Waals surface area contributed by atoms with Crippen molar-refractivity contribution in [3.63, 3.8) is 0 Å². The normalized spacial score (nSPS) is 22.4. The van der Waals surface area contributed by atoms with Crippen molar-refractivity contribution in [1.29, 1.82) is 0 Å². The van der Waals surface area contributed by atoms with Crippen LogP contribution in [0.2, 0.25) is 0 Å². The average molecular weight is 193 g/mol. The van der Waals surface area contributed by atoms with Gasteiger partial charge >= 0.3 is 0 Å².